The van der Waals surface area contributed by atoms with Crippen molar-refractivity contribution in [2.75, 3.05) is 0 Å². The van der Waals surface area contributed by atoms with Crippen LogP contribution in [-0.4, -0.2) is 4.98 Å². The molecule has 2 aromatic carbocycles. The van der Waals surface area contributed by atoms with Crippen molar-refractivity contribution in [1.82, 2.24) is 4.98 Å². The summed E-state index contributed by atoms with van der Waals surface area (Å²) < 4.78 is 13.8. The summed E-state index contributed by atoms with van der Waals surface area (Å²) in [6.07, 6.45) is 3.51. The Labute approximate surface area is 110 Å². The summed E-state index contributed by atoms with van der Waals surface area (Å²) in [6.45, 7) is 0. The van der Waals surface area contributed by atoms with E-state index in [1.165, 1.54) is 6.07 Å². The summed E-state index contributed by atoms with van der Waals surface area (Å²) in [4.78, 5) is 4.12. The normalized spacial score (nSPS) is 12.5. The molecule has 0 saturated carbocycles. The van der Waals surface area contributed by atoms with Gasteiger partial charge in [0, 0.05) is 23.3 Å². The maximum atomic E-state index is 13.8. The molecule has 0 spiro atoms. The molecular formula is C16H13FN2. The third-order valence-corrected chi connectivity index (χ3v) is 3.29. The SMILES string of the molecule is NC(c1ccccc1F)c1cccc2ccncc12. The minimum Gasteiger partial charge on any atom is -0.320 e. The lowest BCUT2D eigenvalue weighted by Crippen LogP contribution is -2.14. The van der Waals surface area contributed by atoms with Crippen LogP contribution in [0.5, 0.6) is 0 Å². The van der Waals surface area contributed by atoms with Gasteiger partial charge in [-0.05, 0) is 23.1 Å². The van der Waals surface area contributed by atoms with E-state index >= 15 is 0 Å². The molecule has 0 bridgehead atoms. The van der Waals surface area contributed by atoms with Gasteiger partial charge in [-0.15, -0.1) is 0 Å². The highest BCUT2D eigenvalue weighted by Crippen LogP contribution is 2.27. The minimum atomic E-state index is -0.492. The topological polar surface area (TPSA) is 38.9 Å². The average Bonchev–Trinajstić information content (AvgIpc) is 2.46. The number of aromatic nitrogens is 1. The number of nitrogens with two attached hydrogens (primary N) is 1. The van der Waals surface area contributed by atoms with Gasteiger partial charge in [0.15, 0.2) is 0 Å². The molecule has 3 rings (SSSR count). The van der Waals surface area contributed by atoms with Crippen LogP contribution in [0.4, 0.5) is 4.39 Å². The molecule has 0 aliphatic carbocycles. The molecule has 0 fully saturated rings. The molecule has 0 aliphatic heterocycles. The quantitative estimate of drug-likeness (QED) is 0.759. The van der Waals surface area contributed by atoms with E-state index in [9.17, 15) is 4.39 Å². The first-order chi connectivity index (χ1) is 9.27. The largest absolute Gasteiger partial charge is 0.320 e. The third-order valence-electron chi connectivity index (χ3n) is 3.29. The summed E-state index contributed by atoms with van der Waals surface area (Å²) in [7, 11) is 0. The van der Waals surface area contributed by atoms with Crippen LogP contribution >= 0.6 is 0 Å². The maximum Gasteiger partial charge on any atom is 0.128 e. The molecular weight excluding hydrogens is 239 g/mol. The molecule has 0 saturated heterocycles. The van der Waals surface area contributed by atoms with Gasteiger partial charge in [-0.1, -0.05) is 36.4 Å². The van der Waals surface area contributed by atoms with E-state index in [2.05, 4.69) is 4.98 Å². The standard InChI is InChI=1S/C16H13FN2/c17-15-7-2-1-5-13(15)16(18)12-6-3-4-11-8-9-19-10-14(11)12/h1-10,16H,18H2. The Hall–Kier alpha value is -2.26. The number of hydrogen-bond acceptors (Lipinski definition) is 2. The number of rotatable bonds is 2. The molecule has 19 heavy (non-hydrogen) atoms. The fourth-order valence-corrected chi connectivity index (χ4v) is 2.30. The molecule has 3 aromatic rings. The van der Waals surface area contributed by atoms with Crippen molar-refractivity contribution in [3.8, 4) is 0 Å². The minimum absolute atomic E-state index is 0.282. The van der Waals surface area contributed by atoms with Crippen molar-refractivity contribution in [1.29, 1.82) is 0 Å². The molecule has 0 radical (unpaired) electrons. The Morgan fingerprint density at radius 1 is 0.947 bits per heavy atom. The van der Waals surface area contributed by atoms with E-state index in [-0.39, 0.29) is 5.82 Å². The zero-order valence-electron chi connectivity index (χ0n) is 10.3. The molecule has 2 nitrogen and oxygen atoms in total. The fourth-order valence-electron chi connectivity index (χ4n) is 2.30. The highest BCUT2D eigenvalue weighted by molar-refractivity contribution is 5.85. The highest BCUT2D eigenvalue weighted by Gasteiger charge is 2.15. The molecule has 1 heterocycles. The number of pyridine rings is 1. The number of hydrogen-bond donors (Lipinski definition) is 1. The molecule has 3 heteroatoms. The fraction of sp³-hybridized carbons (Fsp3) is 0.0625. The second-order valence-electron chi connectivity index (χ2n) is 4.44. The Morgan fingerprint density at radius 2 is 1.74 bits per heavy atom. The van der Waals surface area contributed by atoms with Crippen LogP contribution in [0.25, 0.3) is 10.8 Å². The average molecular weight is 252 g/mol. The summed E-state index contributed by atoms with van der Waals surface area (Å²) in [6, 6.07) is 13.9. The highest BCUT2D eigenvalue weighted by atomic mass is 19.1. The maximum absolute atomic E-state index is 13.8. The van der Waals surface area contributed by atoms with E-state index in [1.54, 1.807) is 30.6 Å². The van der Waals surface area contributed by atoms with E-state index < -0.39 is 6.04 Å². The summed E-state index contributed by atoms with van der Waals surface area (Å²) in [5, 5.41) is 2.01. The van der Waals surface area contributed by atoms with Crippen molar-refractivity contribution in [3.63, 3.8) is 0 Å². The number of fused-ring (bicyclic) bond motifs is 1. The number of halogens is 1. The zero-order chi connectivity index (χ0) is 13.2. The Morgan fingerprint density at radius 3 is 2.58 bits per heavy atom. The summed E-state index contributed by atoms with van der Waals surface area (Å²) in [5.74, 6) is -0.282. The predicted molar refractivity (Wildman–Crippen MR) is 74.2 cm³/mol. The van der Waals surface area contributed by atoms with Crippen molar-refractivity contribution in [3.05, 3.63) is 77.9 Å². The second kappa shape index (κ2) is 4.78. The monoisotopic (exact) mass is 252 g/mol. The molecule has 1 atom stereocenters. The number of nitrogens with zero attached hydrogens (tertiary/aromatic N) is 1. The van der Waals surface area contributed by atoms with Crippen LogP contribution in [0.15, 0.2) is 60.9 Å². The first-order valence-electron chi connectivity index (χ1n) is 6.10. The smallest absolute Gasteiger partial charge is 0.128 e. The van der Waals surface area contributed by atoms with Crippen LogP contribution in [0.3, 0.4) is 0 Å². The predicted octanol–water partition coefficient (Wildman–Crippen LogP) is 3.42. The van der Waals surface area contributed by atoms with E-state index in [1.807, 2.05) is 24.3 Å². The van der Waals surface area contributed by atoms with Gasteiger partial charge in [-0.25, -0.2) is 4.39 Å². The van der Waals surface area contributed by atoms with E-state index in [0.29, 0.717) is 5.56 Å². The third kappa shape index (κ3) is 2.09. The van der Waals surface area contributed by atoms with Gasteiger partial charge in [0.1, 0.15) is 5.82 Å². The van der Waals surface area contributed by atoms with E-state index in [0.717, 1.165) is 16.3 Å². The van der Waals surface area contributed by atoms with Gasteiger partial charge < -0.3 is 5.73 Å². The molecule has 94 valence electrons. The number of benzene rings is 2. The summed E-state index contributed by atoms with van der Waals surface area (Å²) >= 11 is 0. The van der Waals surface area contributed by atoms with E-state index in [4.69, 9.17) is 5.73 Å². The van der Waals surface area contributed by atoms with Crippen molar-refractivity contribution in [2.24, 2.45) is 5.73 Å². The van der Waals surface area contributed by atoms with Crippen LogP contribution in [-0.2, 0) is 0 Å². The van der Waals surface area contributed by atoms with Crippen molar-refractivity contribution >= 4 is 10.8 Å². The van der Waals surface area contributed by atoms with Crippen LogP contribution < -0.4 is 5.73 Å². The Bertz CT molecular complexity index is 719. The van der Waals surface area contributed by atoms with Gasteiger partial charge in [0.05, 0.1) is 6.04 Å². The second-order valence-corrected chi connectivity index (χ2v) is 4.44. The lowest BCUT2D eigenvalue weighted by molar-refractivity contribution is 0.600. The first kappa shape index (κ1) is 11.8. The molecule has 1 unspecified atom stereocenters. The van der Waals surface area contributed by atoms with Gasteiger partial charge in [0.25, 0.3) is 0 Å². The molecule has 0 aliphatic rings. The van der Waals surface area contributed by atoms with Crippen molar-refractivity contribution in [2.45, 2.75) is 6.04 Å². The Balaban J connectivity index is 2.17. The molecule has 2 N–H and O–H groups in total. The van der Waals surface area contributed by atoms with Gasteiger partial charge in [-0.3, -0.25) is 4.98 Å². The van der Waals surface area contributed by atoms with Crippen molar-refractivity contribution < 1.29 is 4.39 Å². The summed E-state index contributed by atoms with van der Waals surface area (Å²) in [5.41, 5.74) is 7.60. The Kier molecular flexibility index (Phi) is 2.97. The van der Waals surface area contributed by atoms with Gasteiger partial charge >= 0.3 is 0 Å². The van der Waals surface area contributed by atoms with Gasteiger partial charge in [-0.2, -0.15) is 0 Å². The lowest BCUT2D eigenvalue weighted by atomic mass is 9.95. The first-order valence-corrected chi connectivity index (χ1v) is 6.10. The van der Waals surface area contributed by atoms with Crippen LogP contribution in [0, 0.1) is 5.82 Å². The molecule has 0 amide bonds. The lowest BCUT2D eigenvalue weighted by Gasteiger charge is -2.15. The molecule has 1 aromatic heterocycles. The van der Waals surface area contributed by atoms with Crippen LogP contribution in [0.1, 0.15) is 17.2 Å². The zero-order valence-corrected chi connectivity index (χ0v) is 10.3. The van der Waals surface area contributed by atoms with Gasteiger partial charge in [0.2, 0.25) is 0 Å². The van der Waals surface area contributed by atoms with Crippen LogP contribution in [0.2, 0.25) is 0 Å².